The number of hydrogen-bond acceptors (Lipinski definition) is 7. The highest BCUT2D eigenvalue weighted by molar-refractivity contribution is 6.48. The van der Waals surface area contributed by atoms with Crippen LogP contribution in [0.1, 0.15) is 19.8 Å². The number of amidine groups is 2. The maximum atomic E-state index is 8.17. The SMILES string of the molecule is CCNc1ccn2ncc(/N=C3\N=C(N4CCCC4)C(=N)C=C3N)c2n1. The van der Waals surface area contributed by atoms with E-state index in [1.54, 1.807) is 16.8 Å². The molecule has 1 fully saturated rings. The Morgan fingerprint density at radius 2 is 2.15 bits per heavy atom. The van der Waals surface area contributed by atoms with Gasteiger partial charge in [0.25, 0.3) is 0 Å². The average molecular weight is 351 g/mol. The second kappa shape index (κ2) is 6.58. The van der Waals surface area contributed by atoms with Gasteiger partial charge in [0.1, 0.15) is 11.5 Å². The van der Waals surface area contributed by atoms with Crippen LogP contribution in [-0.4, -0.2) is 56.5 Å². The summed E-state index contributed by atoms with van der Waals surface area (Å²) in [6.07, 6.45) is 7.32. The van der Waals surface area contributed by atoms with Crippen LogP contribution in [0.3, 0.4) is 0 Å². The lowest BCUT2D eigenvalue weighted by atomic mass is 10.2. The minimum absolute atomic E-state index is 0.329. The molecule has 9 heteroatoms. The summed E-state index contributed by atoms with van der Waals surface area (Å²) in [5.74, 6) is 1.79. The number of anilines is 1. The Labute approximate surface area is 150 Å². The van der Waals surface area contributed by atoms with Gasteiger partial charge in [-0.3, -0.25) is 5.41 Å². The smallest absolute Gasteiger partial charge is 0.183 e. The Balaban J connectivity index is 1.74. The molecular weight excluding hydrogens is 330 g/mol. The third-order valence-electron chi connectivity index (χ3n) is 4.35. The third-order valence-corrected chi connectivity index (χ3v) is 4.35. The molecule has 0 atom stereocenters. The molecule has 2 aromatic heterocycles. The molecule has 4 rings (SSSR count). The van der Waals surface area contributed by atoms with Crippen molar-refractivity contribution in [1.29, 1.82) is 5.41 Å². The van der Waals surface area contributed by atoms with Crippen molar-refractivity contribution in [2.45, 2.75) is 19.8 Å². The largest absolute Gasteiger partial charge is 0.396 e. The number of aliphatic imine (C=N–C) groups is 2. The van der Waals surface area contributed by atoms with E-state index >= 15 is 0 Å². The first-order valence-electron chi connectivity index (χ1n) is 8.73. The molecule has 0 aromatic carbocycles. The van der Waals surface area contributed by atoms with Crippen molar-refractivity contribution < 1.29 is 0 Å². The fraction of sp³-hybridized carbons (Fsp3) is 0.353. The van der Waals surface area contributed by atoms with Gasteiger partial charge in [0, 0.05) is 25.8 Å². The Kier molecular flexibility index (Phi) is 4.11. The van der Waals surface area contributed by atoms with E-state index in [1.807, 2.05) is 19.2 Å². The minimum atomic E-state index is 0.329. The standard InChI is InChI=1S/C17H21N9/c1-2-20-14-5-8-26-17(23-14)13(10-21-26)22-15-11(18)9-12(19)16(24-15)25-6-3-4-7-25/h5,8-10,19H,2-4,6-7,18H2,1H3,(H,20,23)/b19-12?,22-15-. The van der Waals surface area contributed by atoms with Gasteiger partial charge < -0.3 is 16.0 Å². The van der Waals surface area contributed by atoms with Crippen LogP contribution in [0.5, 0.6) is 0 Å². The molecule has 2 aromatic rings. The molecule has 4 heterocycles. The maximum Gasteiger partial charge on any atom is 0.183 e. The lowest BCUT2D eigenvalue weighted by Crippen LogP contribution is -2.37. The molecule has 0 saturated carbocycles. The lowest BCUT2D eigenvalue weighted by Gasteiger charge is -2.22. The number of rotatable bonds is 3. The van der Waals surface area contributed by atoms with E-state index in [-0.39, 0.29) is 0 Å². The highest BCUT2D eigenvalue weighted by Gasteiger charge is 2.24. The molecule has 134 valence electrons. The van der Waals surface area contributed by atoms with Crippen LogP contribution in [0, 0.1) is 5.41 Å². The van der Waals surface area contributed by atoms with Gasteiger partial charge in [0.2, 0.25) is 0 Å². The number of nitrogens with two attached hydrogens (primary N) is 1. The number of hydrogen-bond donors (Lipinski definition) is 3. The molecule has 0 amide bonds. The Morgan fingerprint density at radius 3 is 2.92 bits per heavy atom. The normalized spacial score (nSPS) is 19.2. The van der Waals surface area contributed by atoms with E-state index in [0.717, 1.165) is 38.3 Å². The second-order valence-corrected chi connectivity index (χ2v) is 6.22. The molecule has 4 N–H and O–H groups in total. The number of nitrogens with zero attached hydrogens (tertiary/aromatic N) is 6. The van der Waals surface area contributed by atoms with Crippen LogP contribution in [-0.2, 0) is 0 Å². The topological polar surface area (TPSA) is 120 Å². The first-order chi connectivity index (χ1) is 12.7. The molecule has 0 spiro atoms. The van der Waals surface area contributed by atoms with E-state index in [4.69, 9.17) is 11.1 Å². The van der Waals surface area contributed by atoms with Crippen molar-refractivity contribution in [3.63, 3.8) is 0 Å². The average Bonchev–Trinajstić information content (AvgIpc) is 3.28. The molecule has 2 aliphatic rings. The Hall–Kier alpha value is -3.23. The monoisotopic (exact) mass is 351 g/mol. The fourth-order valence-electron chi connectivity index (χ4n) is 3.10. The van der Waals surface area contributed by atoms with Crippen LogP contribution in [0.25, 0.3) is 5.65 Å². The highest BCUT2D eigenvalue weighted by Crippen LogP contribution is 2.22. The first kappa shape index (κ1) is 16.2. The minimum Gasteiger partial charge on any atom is -0.396 e. The molecule has 0 unspecified atom stereocenters. The van der Waals surface area contributed by atoms with Crippen LogP contribution in [0.15, 0.2) is 40.2 Å². The van der Waals surface area contributed by atoms with Crippen molar-refractivity contribution in [2.75, 3.05) is 25.0 Å². The maximum absolute atomic E-state index is 8.17. The van der Waals surface area contributed by atoms with Crippen LogP contribution in [0.2, 0.25) is 0 Å². The molecular formula is C17H21N9. The lowest BCUT2D eigenvalue weighted by molar-refractivity contribution is 0.526. The number of likely N-dealkylation sites (tertiary alicyclic amines) is 1. The number of dihydropyridines is 1. The molecule has 0 aliphatic carbocycles. The van der Waals surface area contributed by atoms with E-state index in [1.165, 1.54) is 0 Å². The third kappa shape index (κ3) is 2.92. The molecule has 1 saturated heterocycles. The van der Waals surface area contributed by atoms with Crippen molar-refractivity contribution >= 4 is 34.5 Å². The van der Waals surface area contributed by atoms with E-state index in [0.29, 0.717) is 34.4 Å². The number of aromatic nitrogens is 3. The predicted molar refractivity (Wildman–Crippen MR) is 102 cm³/mol. The predicted octanol–water partition coefficient (Wildman–Crippen LogP) is 1.56. The van der Waals surface area contributed by atoms with Gasteiger partial charge in [-0.1, -0.05) is 0 Å². The van der Waals surface area contributed by atoms with E-state index < -0.39 is 0 Å². The summed E-state index contributed by atoms with van der Waals surface area (Å²) in [4.78, 5) is 15.8. The summed E-state index contributed by atoms with van der Waals surface area (Å²) in [7, 11) is 0. The first-order valence-corrected chi connectivity index (χ1v) is 8.73. The van der Waals surface area contributed by atoms with Crippen LogP contribution in [0.4, 0.5) is 11.5 Å². The van der Waals surface area contributed by atoms with Gasteiger partial charge in [-0.15, -0.1) is 0 Å². The van der Waals surface area contributed by atoms with Crippen molar-refractivity contribution in [3.8, 4) is 0 Å². The van der Waals surface area contributed by atoms with E-state index in [2.05, 4.69) is 30.3 Å². The number of fused-ring (bicyclic) bond motifs is 1. The summed E-state index contributed by atoms with van der Waals surface area (Å²) >= 11 is 0. The molecule has 2 aliphatic heterocycles. The molecule has 26 heavy (non-hydrogen) atoms. The number of nitrogens with one attached hydrogen (secondary N) is 2. The molecule has 9 nitrogen and oxygen atoms in total. The van der Waals surface area contributed by atoms with Gasteiger partial charge in [0.15, 0.2) is 17.3 Å². The zero-order valence-corrected chi connectivity index (χ0v) is 14.6. The van der Waals surface area contributed by atoms with Gasteiger partial charge in [-0.2, -0.15) is 5.10 Å². The molecule has 0 bridgehead atoms. The summed E-state index contributed by atoms with van der Waals surface area (Å²) in [5, 5.41) is 15.6. The summed E-state index contributed by atoms with van der Waals surface area (Å²) in [6.45, 7) is 4.61. The van der Waals surface area contributed by atoms with Crippen LogP contribution < -0.4 is 11.1 Å². The zero-order valence-electron chi connectivity index (χ0n) is 14.6. The second-order valence-electron chi connectivity index (χ2n) is 6.22. The highest BCUT2D eigenvalue weighted by atomic mass is 15.3. The van der Waals surface area contributed by atoms with Gasteiger partial charge in [-0.05, 0) is 31.9 Å². The summed E-state index contributed by atoms with van der Waals surface area (Å²) in [5.41, 5.74) is 8.00. The fourth-order valence-corrected chi connectivity index (χ4v) is 3.10. The Bertz CT molecular complexity index is 944. The van der Waals surface area contributed by atoms with E-state index in [9.17, 15) is 0 Å². The van der Waals surface area contributed by atoms with Gasteiger partial charge in [-0.25, -0.2) is 19.5 Å². The molecule has 0 radical (unpaired) electrons. The van der Waals surface area contributed by atoms with Crippen molar-refractivity contribution in [2.24, 2.45) is 15.7 Å². The summed E-state index contributed by atoms with van der Waals surface area (Å²) in [6, 6.07) is 1.86. The zero-order chi connectivity index (χ0) is 18.1. The van der Waals surface area contributed by atoms with Crippen molar-refractivity contribution in [1.82, 2.24) is 19.5 Å². The summed E-state index contributed by atoms with van der Waals surface area (Å²) < 4.78 is 1.66. The van der Waals surface area contributed by atoms with Gasteiger partial charge >= 0.3 is 0 Å². The van der Waals surface area contributed by atoms with Crippen LogP contribution >= 0.6 is 0 Å². The van der Waals surface area contributed by atoms with Gasteiger partial charge in [0.05, 0.1) is 17.6 Å². The quantitative estimate of drug-likeness (QED) is 0.775. The Morgan fingerprint density at radius 1 is 1.35 bits per heavy atom. The van der Waals surface area contributed by atoms with Crippen molar-refractivity contribution in [3.05, 3.63) is 30.2 Å².